The summed E-state index contributed by atoms with van der Waals surface area (Å²) < 4.78 is 11.8. The molecule has 0 aromatic carbocycles. The van der Waals surface area contributed by atoms with E-state index in [1.54, 1.807) is 12.4 Å². The fraction of sp³-hybridized carbons (Fsp3) is 0.545. The Balaban J connectivity index is 1.82. The molecule has 0 spiro atoms. The fourth-order valence-electron chi connectivity index (χ4n) is 1.84. The molecule has 0 aliphatic carbocycles. The third-order valence-corrected chi connectivity index (χ3v) is 4.16. The van der Waals surface area contributed by atoms with Gasteiger partial charge in [0.05, 0.1) is 0 Å². The fourth-order valence-corrected chi connectivity index (χ4v) is 3.34. The van der Waals surface area contributed by atoms with Crippen molar-refractivity contribution in [1.82, 2.24) is 10.3 Å². The number of nitrogens with zero attached hydrogens (tertiary/aromatic N) is 1. The van der Waals surface area contributed by atoms with E-state index in [2.05, 4.69) is 10.3 Å². The number of aromatic nitrogens is 1. The zero-order valence-electron chi connectivity index (χ0n) is 8.69. The maximum atomic E-state index is 11.8. The summed E-state index contributed by atoms with van der Waals surface area (Å²) in [6, 6.07) is 3.87. The molecule has 1 fully saturated rings. The number of hydrogen-bond donors (Lipinski definition) is 1. The van der Waals surface area contributed by atoms with Crippen LogP contribution in [-0.4, -0.2) is 28.0 Å². The van der Waals surface area contributed by atoms with Crippen molar-refractivity contribution in [2.75, 3.05) is 18.8 Å². The van der Waals surface area contributed by atoms with E-state index in [1.807, 2.05) is 12.1 Å². The maximum absolute atomic E-state index is 11.8. The molecule has 1 aromatic heterocycles. The number of rotatable bonds is 4. The molecule has 2 heterocycles. The zero-order chi connectivity index (χ0) is 10.5. The van der Waals surface area contributed by atoms with Gasteiger partial charge in [0.15, 0.2) is 0 Å². The molecule has 0 radical (unpaired) electrons. The van der Waals surface area contributed by atoms with Crippen molar-refractivity contribution < 1.29 is 4.21 Å². The summed E-state index contributed by atoms with van der Waals surface area (Å²) in [4.78, 5) is 3.95. The normalized spacial score (nSPS) is 22.8. The van der Waals surface area contributed by atoms with Crippen LogP contribution < -0.4 is 5.32 Å². The molecule has 1 aliphatic heterocycles. The molecular weight excluding hydrogens is 208 g/mol. The minimum Gasteiger partial charge on any atom is -0.316 e. The zero-order valence-corrected chi connectivity index (χ0v) is 9.50. The van der Waals surface area contributed by atoms with Crippen LogP contribution in [0.2, 0.25) is 0 Å². The minimum absolute atomic E-state index is 0.604. The van der Waals surface area contributed by atoms with E-state index in [4.69, 9.17) is 0 Å². The lowest BCUT2D eigenvalue weighted by molar-refractivity contribution is 0.632. The number of hydrogen-bond acceptors (Lipinski definition) is 3. The Labute approximate surface area is 92.8 Å². The Kier molecular flexibility index (Phi) is 3.86. The van der Waals surface area contributed by atoms with Crippen LogP contribution >= 0.6 is 0 Å². The summed E-state index contributed by atoms with van der Waals surface area (Å²) in [6.07, 6.45) is 4.68. The van der Waals surface area contributed by atoms with Gasteiger partial charge < -0.3 is 5.32 Å². The summed E-state index contributed by atoms with van der Waals surface area (Å²) in [6.45, 7) is 2.11. The lowest BCUT2D eigenvalue weighted by Crippen LogP contribution is -2.15. The molecule has 15 heavy (non-hydrogen) atoms. The number of nitrogens with one attached hydrogen (secondary N) is 1. The lowest BCUT2D eigenvalue weighted by atomic mass is 10.2. The predicted molar refractivity (Wildman–Crippen MR) is 61.9 cm³/mol. The van der Waals surface area contributed by atoms with Crippen LogP contribution in [0.15, 0.2) is 24.5 Å². The van der Waals surface area contributed by atoms with Gasteiger partial charge in [-0.15, -0.1) is 0 Å². The average Bonchev–Trinajstić information content (AvgIpc) is 2.71. The van der Waals surface area contributed by atoms with Gasteiger partial charge in [-0.25, -0.2) is 0 Å². The van der Waals surface area contributed by atoms with E-state index in [9.17, 15) is 4.21 Å². The summed E-state index contributed by atoms with van der Waals surface area (Å²) in [5.74, 6) is 2.10. The first-order valence-electron chi connectivity index (χ1n) is 5.29. The first-order chi connectivity index (χ1) is 7.34. The standard InChI is InChI=1S/C11H16N2OS/c14-15(9-11-3-6-13-7-11)8-10-1-4-12-5-2-10/h1-2,4-5,11,13H,3,6-9H2/t11-,15+/m1/s1. The third kappa shape index (κ3) is 3.39. The highest BCUT2D eigenvalue weighted by Crippen LogP contribution is 2.11. The van der Waals surface area contributed by atoms with Crippen molar-refractivity contribution in [2.45, 2.75) is 12.2 Å². The monoisotopic (exact) mass is 224 g/mol. The minimum atomic E-state index is -0.729. The molecular formula is C11H16N2OS. The Morgan fingerprint density at radius 3 is 2.93 bits per heavy atom. The molecule has 2 rings (SSSR count). The highest BCUT2D eigenvalue weighted by molar-refractivity contribution is 7.84. The van der Waals surface area contributed by atoms with Crippen LogP contribution in [0.1, 0.15) is 12.0 Å². The largest absolute Gasteiger partial charge is 0.316 e. The Morgan fingerprint density at radius 1 is 1.47 bits per heavy atom. The summed E-state index contributed by atoms with van der Waals surface area (Å²) in [7, 11) is -0.729. The molecule has 0 amide bonds. The van der Waals surface area contributed by atoms with E-state index >= 15 is 0 Å². The van der Waals surface area contributed by atoms with Crippen LogP contribution in [0.3, 0.4) is 0 Å². The van der Waals surface area contributed by atoms with E-state index in [0.717, 1.165) is 24.4 Å². The first kappa shape index (κ1) is 10.8. The third-order valence-electron chi connectivity index (χ3n) is 2.66. The van der Waals surface area contributed by atoms with Gasteiger partial charge in [-0.05, 0) is 43.1 Å². The van der Waals surface area contributed by atoms with E-state index in [1.165, 1.54) is 6.42 Å². The second-order valence-electron chi connectivity index (χ2n) is 3.97. The van der Waals surface area contributed by atoms with Gasteiger partial charge in [0, 0.05) is 34.7 Å². The van der Waals surface area contributed by atoms with Crippen LogP contribution in [0, 0.1) is 5.92 Å². The van der Waals surface area contributed by atoms with E-state index in [0.29, 0.717) is 11.7 Å². The van der Waals surface area contributed by atoms with Gasteiger partial charge in [0.1, 0.15) is 0 Å². The molecule has 82 valence electrons. The Morgan fingerprint density at radius 2 is 2.27 bits per heavy atom. The van der Waals surface area contributed by atoms with Gasteiger partial charge in [-0.3, -0.25) is 9.19 Å². The van der Waals surface area contributed by atoms with Crippen molar-refractivity contribution >= 4 is 10.8 Å². The van der Waals surface area contributed by atoms with Crippen LogP contribution in [0.4, 0.5) is 0 Å². The second-order valence-corrected chi connectivity index (χ2v) is 5.47. The second kappa shape index (κ2) is 5.37. The Hall–Kier alpha value is -0.740. The molecule has 3 nitrogen and oxygen atoms in total. The van der Waals surface area contributed by atoms with Gasteiger partial charge in [0.2, 0.25) is 0 Å². The van der Waals surface area contributed by atoms with Crippen molar-refractivity contribution in [3.8, 4) is 0 Å². The summed E-state index contributed by atoms with van der Waals surface area (Å²) >= 11 is 0. The summed E-state index contributed by atoms with van der Waals surface area (Å²) in [5, 5.41) is 3.30. The van der Waals surface area contributed by atoms with Gasteiger partial charge >= 0.3 is 0 Å². The lowest BCUT2D eigenvalue weighted by Gasteiger charge is -2.07. The smallest absolute Gasteiger partial charge is 0.0486 e. The molecule has 0 unspecified atom stereocenters. The molecule has 1 aliphatic rings. The average molecular weight is 224 g/mol. The maximum Gasteiger partial charge on any atom is 0.0486 e. The molecule has 1 aromatic rings. The number of pyridine rings is 1. The van der Waals surface area contributed by atoms with E-state index < -0.39 is 10.8 Å². The van der Waals surface area contributed by atoms with Gasteiger partial charge in [-0.1, -0.05) is 0 Å². The molecule has 1 N–H and O–H groups in total. The Bertz CT molecular complexity index is 323. The molecule has 2 atom stereocenters. The summed E-state index contributed by atoms with van der Waals surface area (Å²) in [5.41, 5.74) is 1.12. The SMILES string of the molecule is O=[S@@](Cc1ccncc1)C[C@@H]1CCNC1. The van der Waals surface area contributed by atoms with Crippen molar-refractivity contribution in [3.05, 3.63) is 30.1 Å². The highest BCUT2D eigenvalue weighted by Gasteiger charge is 2.17. The molecule has 0 saturated carbocycles. The molecule has 4 heteroatoms. The van der Waals surface area contributed by atoms with Crippen molar-refractivity contribution in [3.63, 3.8) is 0 Å². The topological polar surface area (TPSA) is 42.0 Å². The van der Waals surface area contributed by atoms with Crippen molar-refractivity contribution in [1.29, 1.82) is 0 Å². The predicted octanol–water partition coefficient (Wildman–Crippen LogP) is 0.940. The van der Waals surface area contributed by atoms with Crippen LogP contribution in [0.5, 0.6) is 0 Å². The highest BCUT2D eigenvalue weighted by atomic mass is 32.2. The molecule has 0 bridgehead atoms. The van der Waals surface area contributed by atoms with Crippen LogP contribution in [-0.2, 0) is 16.6 Å². The quantitative estimate of drug-likeness (QED) is 0.827. The van der Waals surface area contributed by atoms with Crippen LogP contribution in [0.25, 0.3) is 0 Å². The van der Waals surface area contributed by atoms with Gasteiger partial charge in [-0.2, -0.15) is 0 Å². The van der Waals surface area contributed by atoms with E-state index in [-0.39, 0.29) is 0 Å². The molecule has 1 saturated heterocycles. The van der Waals surface area contributed by atoms with Crippen molar-refractivity contribution in [2.24, 2.45) is 5.92 Å². The first-order valence-corrected chi connectivity index (χ1v) is 6.78. The van der Waals surface area contributed by atoms with Gasteiger partial charge in [0.25, 0.3) is 0 Å².